The molecule has 0 aliphatic carbocycles. The number of hydrogen-bond acceptors (Lipinski definition) is 4. The lowest BCUT2D eigenvalue weighted by Gasteiger charge is -2.26. The fourth-order valence-electron chi connectivity index (χ4n) is 3.12. The number of ether oxygens (including phenoxy) is 1. The molecule has 1 aromatic heterocycles. The lowest BCUT2D eigenvalue weighted by atomic mass is 10.1. The highest BCUT2D eigenvalue weighted by molar-refractivity contribution is 6.34. The summed E-state index contributed by atoms with van der Waals surface area (Å²) in [7, 11) is 1.32. The highest BCUT2D eigenvalue weighted by atomic mass is 35.5. The monoisotopic (exact) mass is 418 g/mol. The third-order valence-electron chi connectivity index (χ3n) is 4.42. The topological polar surface area (TPSA) is 42.4 Å². The van der Waals surface area contributed by atoms with Crippen molar-refractivity contribution in [2.24, 2.45) is 0 Å². The zero-order chi connectivity index (χ0) is 19.8. The van der Waals surface area contributed by atoms with E-state index in [1.54, 1.807) is 18.2 Å². The smallest absolute Gasteiger partial charge is 0.417 e. The molecule has 1 aliphatic heterocycles. The van der Waals surface area contributed by atoms with Gasteiger partial charge in [-0.25, -0.2) is 4.79 Å². The highest BCUT2D eigenvalue weighted by Gasteiger charge is 2.34. The van der Waals surface area contributed by atoms with Gasteiger partial charge in [0.05, 0.1) is 34.1 Å². The molecule has 2 heterocycles. The molecule has 4 nitrogen and oxygen atoms in total. The summed E-state index contributed by atoms with van der Waals surface area (Å²) in [5, 5.41) is 0.293. The molecule has 0 radical (unpaired) electrons. The molecule has 1 unspecified atom stereocenters. The Morgan fingerprint density at radius 1 is 1.26 bits per heavy atom. The van der Waals surface area contributed by atoms with E-state index < -0.39 is 17.8 Å². The van der Waals surface area contributed by atoms with E-state index in [-0.39, 0.29) is 16.7 Å². The molecular formula is C18H15Cl2F3N2O2. The maximum Gasteiger partial charge on any atom is 0.417 e. The SMILES string of the molecule is COC(=O)C1CCCN1c1cc(-c2ncc(C(F)(F)F)cc2Cl)ccc1Cl. The van der Waals surface area contributed by atoms with Crippen molar-refractivity contribution in [3.8, 4) is 11.3 Å². The highest BCUT2D eigenvalue weighted by Crippen LogP contribution is 2.38. The van der Waals surface area contributed by atoms with E-state index in [1.165, 1.54) is 7.11 Å². The Morgan fingerprint density at radius 3 is 2.63 bits per heavy atom. The van der Waals surface area contributed by atoms with Gasteiger partial charge >= 0.3 is 12.1 Å². The van der Waals surface area contributed by atoms with Gasteiger partial charge in [0.2, 0.25) is 0 Å². The van der Waals surface area contributed by atoms with Gasteiger partial charge in [0.1, 0.15) is 6.04 Å². The number of alkyl halides is 3. The first-order valence-corrected chi connectivity index (χ1v) is 8.85. The van der Waals surface area contributed by atoms with Crippen molar-refractivity contribution in [2.75, 3.05) is 18.6 Å². The molecule has 1 aliphatic rings. The van der Waals surface area contributed by atoms with Crippen molar-refractivity contribution in [1.82, 2.24) is 4.98 Å². The van der Waals surface area contributed by atoms with Crippen LogP contribution in [0.1, 0.15) is 18.4 Å². The summed E-state index contributed by atoms with van der Waals surface area (Å²) >= 11 is 12.3. The summed E-state index contributed by atoms with van der Waals surface area (Å²) in [6, 6.07) is 5.28. The third kappa shape index (κ3) is 3.99. The van der Waals surface area contributed by atoms with Crippen LogP contribution in [0.25, 0.3) is 11.3 Å². The molecule has 2 aromatic rings. The first-order valence-electron chi connectivity index (χ1n) is 8.09. The molecular weight excluding hydrogens is 404 g/mol. The van der Waals surface area contributed by atoms with Crippen LogP contribution in [0.3, 0.4) is 0 Å². The van der Waals surface area contributed by atoms with E-state index in [0.717, 1.165) is 18.7 Å². The molecule has 1 saturated heterocycles. The lowest BCUT2D eigenvalue weighted by Crippen LogP contribution is -2.37. The number of halogens is 5. The summed E-state index contributed by atoms with van der Waals surface area (Å²) in [5.41, 5.74) is 0.371. The number of benzene rings is 1. The maximum atomic E-state index is 12.8. The predicted molar refractivity (Wildman–Crippen MR) is 97.1 cm³/mol. The van der Waals surface area contributed by atoms with E-state index in [9.17, 15) is 18.0 Å². The maximum absolute atomic E-state index is 12.8. The van der Waals surface area contributed by atoms with Crippen LogP contribution >= 0.6 is 23.2 Å². The second kappa shape index (κ2) is 7.56. The minimum atomic E-state index is -4.52. The molecule has 0 saturated carbocycles. The number of carbonyl (C=O) groups is 1. The van der Waals surface area contributed by atoms with Gasteiger partial charge in [-0.15, -0.1) is 0 Å². The number of methoxy groups -OCH3 is 1. The minimum Gasteiger partial charge on any atom is -0.467 e. The first kappa shape index (κ1) is 19.8. The second-order valence-electron chi connectivity index (χ2n) is 6.09. The Hall–Kier alpha value is -1.99. The van der Waals surface area contributed by atoms with Gasteiger partial charge in [0.25, 0.3) is 0 Å². The summed E-state index contributed by atoms with van der Waals surface area (Å²) in [4.78, 5) is 17.7. The average Bonchev–Trinajstić information content (AvgIpc) is 3.10. The van der Waals surface area contributed by atoms with E-state index in [2.05, 4.69) is 4.98 Å². The normalized spacial score (nSPS) is 17.3. The van der Waals surface area contributed by atoms with Gasteiger partial charge in [-0.3, -0.25) is 4.98 Å². The van der Waals surface area contributed by atoms with Crippen LogP contribution < -0.4 is 4.90 Å². The van der Waals surface area contributed by atoms with Crippen LogP contribution in [-0.2, 0) is 15.7 Å². The van der Waals surface area contributed by atoms with Gasteiger partial charge in [0.15, 0.2) is 0 Å². The number of carbonyl (C=O) groups excluding carboxylic acids is 1. The van der Waals surface area contributed by atoms with Crippen molar-refractivity contribution in [2.45, 2.75) is 25.1 Å². The molecule has 0 N–H and O–H groups in total. The number of esters is 1. The van der Waals surface area contributed by atoms with Crippen LogP contribution in [0.4, 0.5) is 18.9 Å². The molecule has 0 bridgehead atoms. The van der Waals surface area contributed by atoms with Crippen LogP contribution in [0.15, 0.2) is 30.5 Å². The number of nitrogens with zero attached hydrogens (tertiary/aromatic N) is 2. The van der Waals surface area contributed by atoms with E-state index >= 15 is 0 Å². The molecule has 0 amide bonds. The van der Waals surface area contributed by atoms with Crippen molar-refractivity contribution >= 4 is 34.9 Å². The number of pyridine rings is 1. The van der Waals surface area contributed by atoms with Gasteiger partial charge in [-0.05, 0) is 31.0 Å². The molecule has 9 heteroatoms. The lowest BCUT2D eigenvalue weighted by molar-refractivity contribution is -0.142. The zero-order valence-electron chi connectivity index (χ0n) is 14.2. The minimum absolute atomic E-state index is 0.121. The molecule has 1 atom stereocenters. The predicted octanol–water partition coefficient (Wildman–Crippen LogP) is 5.22. The molecule has 27 heavy (non-hydrogen) atoms. The van der Waals surface area contributed by atoms with Crippen LogP contribution in [0.5, 0.6) is 0 Å². The Labute approximate surface area is 163 Å². The van der Waals surface area contributed by atoms with E-state index in [4.69, 9.17) is 27.9 Å². The fraction of sp³-hybridized carbons (Fsp3) is 0.333. The summed E-state index contributed by atoms with van der Waals surface area (Å²) in [6.45, 7) is 0.608. The van der Waals surface area contributed by atoms with Crippen molar-refractivity contribution in [1.29, 1.82) is 0 Å². The summed E-state index contributed by atoms with van der Waals surface area (Å²) < 4.78 is 43.3. The van der Waals surface area contributed by atoms with Crippen LogP contribution in [0.2, 0.25) is 10.0 Å². The van der Waals surface area contributed by atoms with Crippen LogP contribution in [0, 0.1) is 0 Å². The summed E-state index contributed by atoms with van der Waals surface area (Å²) in [6.07, 6.45) is -2.36. The van der Waals surface area contributed by atoms with Crippen LogP contribution in [-0.4, -0.2) is 30.6 Å². The molecule has 0 spiro atoms. The first-order chi connectivity index (χ1) is 12.7. The molecule has 3 rings (SSSR count). The third-order valence-corrected chi connectivity index (χ3v) is 5.03. The van der Waals surface area contributed by atoms with Crippen molar-refractivity contribution in [3.63, 3.8) is 0 Å². The Bertz CT molecular complexity index is 874. The van der Waals surface area contributed by atoms with Gasteiger partial charge in [0, 0.05) is 18.3 Å². The van der Waals surface area contributed by atoms with Gasteiger partial charge in [-0.2, -0.15) is 13.2 Å². The Balaban J connectivity index is 2.00. The standard InChI is InChI=1S/C18H15Cl2F3N2O2/c1-27-17(26)14-3-2-6-25(14)15-7-10(4-5-12(15)19)16-13(20)8-11(9-24-16)18(21,22)23/h4-5,7-9,14H,2-3,6H2,1H3. The largest absolute Gasteiger partial charge is 0.467 e. The molecule has 144 valence electrons. The fourth-order valence-corrected chi connectivity index (χ4v) is 3.62. The van der Waals surface area contributed by atoms with E-state index in [1.807, 2.05) is 4.90 Å². The van der Waals surface area contributed by atoms with Gasteiger partial charge in [-0.1, -0.05) is 29.3 Å². The molecule has 1 aromatic carbocycles. The van der Waals surface area contributed by atoms with Crippen molar-refractivity contribution in [3.05, 3.63) is 46.1 Å². The number of rotatable bonds is 3. The summed E-state index contributed by atoms with van der Waals surface area (Å²) in [5.74, 6) is -0.361. The van der Waals surface area contributed by atoms with Gasteiger partial charge < -0.3 is 9.64 Å². The van der Waals surface area contributed by atoms with Crippen molar-refractivity contribution < 1.29 is 22.7 Å². The Kier molecular flexibility index (Phi) is 5.53. The molecule has 1 fully saturated rings. The quantitative estimate of drug-likeness (QED) is 0.641. The number of anilines is 1. The average molecular weight is 419 g/mol. The second-order valence-corrected chi connectivity index (χ2v) is 6.91. The number of aromatic nitrogens is 1. The number of hydrogen-bond donors (Lipinski definition) is 0. The van der Waals surface area contributed by atoms with E-state index in [0.29, 0.717) is 29.2 Å². The Morgan fingerprint density at radius 2 is 2.00 bits per heavy atom. The zero-order valence-corrected chi connectivity index (χ0v) is 15.7.